The first kappa shape index (κ1) is 17.3. The van der Waals surface area contributed by atoms with E-state index in [0.29, 0.717) is 23.6 Å². The van der Waals surface area contributed by atoms with E-state index in [4.69, 9.17) is 10.1 Å². The summed E-state index contributed by atoms with van der Waals surface area (Å²) in [5.41, 5.74) is 1.48. The van der Waals surface area contributed by atoms with Crippen LogP contribution in [0.25, 0.3) is 16.5 Å². The highest BCUT2D eigenvalue weighted by atomic mass is 32.1. The summed E-state index contributed by atoms with van der Waals surface area (Å²) < 4.78 is 1.75. The molecule has 0 saturated heterocycles. The molecule has 0 bridgehead atoms. The number of thiophene rings is 1. The Balaban J connectivity index is 1.70. The van der Waals surface area contributed by atoms with Gasteiger partial charge in [-0.3, -0.25) is 4.79 Å². The number of Topliss-reactive ketones (excluding diaryl/α,β-unsaturated/α-hetero) is 1. The average molecular weight is 376 g/mol. The standard InChI is InChI=1S/C20H16N4O2S/c25-13-16(26)15-8-6-14(7-9-15)12-19-22-20(17-4-3-11-27-17)23-24(19)18-5-1-2-10-21-18/h1-11,25H,12-13H2. The molecule has 1 N–H and O–H groups in total. The molecule has 3 aromatic heterocycles. The average Bonchev–Trinajstić information content (AvgIpc) is 3.38. The summed E-state index contributed by atoms with van der Waals surface area (Å²) >= 11 is 1.59. The molecular formula is C20H16N4O2S. The summed E-state index contributed by atoms with van der Waals surface area (Å²) in [4.78, 5) is 21.7. The van der Waals surface area contributed by atoms with Crippen molar-refractivity contribution in [2.24, 2.45) is 0 Å². The molecule has 27 heavy (non-hydrogen) atoms. The molecule has 4 rings (SSSR count). The minimum absolute atomic E-state index is 0.293. The molecule has 0 atom stereocenters. The highest BCUT2D eigenvalue weighted by Crippen LogP contribution is 2.23. The van der Waals surface area contributed by atoms with Crippen LogP contribution >= 0.6 is 11.3 Å². The second-order valence-corrected chi connectivity index (χ2v) is 6.83. The Morgan fingerprint density at radius 1 is 1.07 bits per heavy atom. The SMILES string of the molecule is O=C(CO)c1ccc(Cc2nc(-c3cccs3)nn2-c2ccccn2)cc1. The molecule has 1 aromatic carbocycles. The maximum Gasteiger partial charge on any atom is 0.191 e. The molecule has 0 unspecified atom stereocenters. The van der Waals surface area contributed by atoms with Crippen molar-refractivity contribution >= 4 is 17.1 Å². The summed E-state index contributed by atoms with van der Waals surface area (Å²) in [6, 6.07) is 16.8. The number of hydrogen-bond donors (Lipinski definition) is 1. The van der Waals surface area contributed by atoms with Crippen molar-refractivity contribution in [2.45, 2.75) is 6.42 Å². The van der Waals surface area contributed by atoms with Crippen molar-refractivity contribution in [2.75, 3.05) is 6.61 Å². The summed E-state index contributed by atoms with van der Waals surface area (Å²) in [7, 11) is 0. The van der Waals surface area contributed by atoms with Crippen LogP contribution in [0.3, 0.4) is 0 Å². The monoisotopic (exact) mass is 376 g/mol. The van der Waals surface area contributed by atoms with Gasteiger partial charge in [0.2, 0.25) is 0 Å². The molecule has 7 heteroatoms. The number of carbonyl (C=O) groups excluding carboxylic acids is 1. The zero-order valence-electron chi connectivity index (χ0n) is 14.3. The van der Waals surface area contributed by atoms with Crippen molar-refractivity contribution in [3.05, 3.63) is 83.1 Å². The van der Waals surface area contributed by atoms with Crippen molar-refractivity contribution in [3.63, 3.8) is 0 Å². The molecule has 3 heterocycles. The third-order valence-corrected chi connectivity index (χ3v) is 4.93. The highest BCUT2D eigenvalue weighted by Gasteiger charge is 2.15. The molecular weight excluding hydrogens is 360 g/mol. The molecule has 134 valence electrons. The van der Waals surface area contributed by atoms with E-state index in [1.54, 1.807) is 34.3 Å². The van der Waals surface area contributed by atoms with E-state index in [0.717, 1.165) is 16.3 Å². The van der Waals surface area contributed by atoms with Crippen molar-refractivity contribution in [1.82, 2.24) is 19.7 Å². The van der Waals surface area contributed by atoms with Gasteiger partial charge < -0.3 is 5.11 Å². The van der Waals surface area contributed by atoms with Gasteiger partial charge in [-0.05, 0) is 29.1 Å². The quantitative estimate of drug-likeness (QED) is 0.523. The molecule has 0 spiro atoms. The largest absolute Gasteiger partial charge is 0.388 e. The zero-order chi connectivity index (χ0) is 18.6. The number of aliphatic hydroxyl groups is 1. The van der Waals surface area contributed by atoms with Gasteiger partial charge in [0.15, 0.2) is 17.4 Å². The lowest BCUT2D eigenvalue weighted by Crippen LogP contribution is -2.06. The first-order chi connectivity index (χ1) is 13.2. The molecule has 0 radical (unpaired) electrons. The highest BCUT2D eigenvalue weighted by molar-refractivity contribution is 7.13. The number of ketones is 1. The number of carbonyl (C=O) groups is 1. The molecule has 0 aliphatic rings. The number of benzene rings is 1. The molecule has 0 aliphatic carbocycles. The van der Waals surface area contributed by atoms with Crippen LogP contribution in [0.2, 0.25) is 0 Å². The van der Waals surface area contributed by atoms with Crippen molar-refractivity contribution < 1.29 is 9.90 Å². The predicted molar refractivity (Wildman–Crippen MR) is 103 cm³/mol. The molecule has 0 saturated carbocycles. The molecule has 0 amide bonds. The van der Waals surface area contributed by atoms with Crippen LogP contribution in [0.1, 0.15) is 21.7 Å². The molecule has 0 fully saturated rings. The number of pyridine rings is 1. The third kappa shape index (κ3) is 3.69. The summed E-state index contributed by atoms with van der Waals surface area (Å²) in [6.45, 7) is -0.489. The Morgan fingerprint density at radius 3 is 2.59 bits per heavy atom. The Labute approximate surface area is 159 Å². The second-order valence-electron chi connectivity index (χ2n) is 5.88. The summed E-state index contributed by atoms with van der Waals surface area (Å²) in [6.07, 6.45) is 2.27. The van der Waals surface area contributed by atoms with Crippen LogP contribution in [0.4, 0.5) is 0 Å². The summed E-state index contributed by atoms with van der Waals surface area (Å²) in [5.74, 6) is 1.84. The summed E-state index contributed by atoms with van der Waals surface area (Å²) in [5, 5.41) is 15.6. The lowest BCUT2D eigenvalue weighted by molar-refractivity contribution is 0.0903. The molecule has 6 nitrogen and oxygen atoms in total. The Kier molecular flexibility index (Phi) is 4.86. The minimum atomic E-state index is -0.489. The van der Waals surface area contributed by atoms with E-state index in [9.17, 15) is 4.79 Å². The topological polar surface area (TPSA) is 80.9 Å². The molecule has 0 aliphatic heterocycles. The Hall–Kier alpha value is -3.16. The van der Waals surface area contributed by atoms with Crippen LogP contribution in [0, 0.1) is 0 Å². The van der Waals surface area contributed by atoms with Gasteiger partial charge in [0.25, 0.3) is 0 Å². The zero-order valence-corrected chi connectivity index (χ0v) is 15.1. The number of aliphatic hydroxyl groups excluding tert-OH is 1. The number of aromatic nitrogens is 4. The Morgan fingerprint density at radius 2 is 1.93 bits per heavy atom. The van der Waals surface area contributed by atoms with Crippen molar-refractivity contribution in [3.8, 4) is 16.5 Å². The van der Waals surface area contributed by atoms with Gasteiger partial charge in [-0.15, -0.1) is 16.4 Å². The van der Waals surface area contributed by atoms with Gasteiger partial charge in [0.1, 0.15) is 12.4 Å². The van der Waals surface area contributed by atoms with Crippen molar-refractivity contribution in [1.29, 1.82) is 0 Å². The van der Waals surface area contributed by atoms with Crippen LogP contribution in [-0.2, 0) is 6.42 Å². The van der Waals surface area contributed by atoms with Crippen LogP contribution < -0.4 is 0 Å². The second kappa shape index (κ2) is 7.61. The third-order valence-electron chi connectivity index (χ3n) is 4.06. The predicted octanol–water partition coefficient (Wildman–Crippen LogP) is 3.16. The molecule has 4 aromatic rings. The lowest BCUT2D eigenvalue weighted by atomic mass is 10.1. The van der Waals surface area contributed by atoms with Gasteiger partial charge in [0.05, 0.1) is 4.88 Å². The fourth-order valence-electron chi connectivity index (χ4n) is 2.71. The lowest BCUT2D eigenvalue weighted by Gasteiger charge is -2.05. The van der Waals surface area contributed by atoms with Crippen LogP contribution in [-0.4, -0.2) is 37.2 Å². The fourth-order valence-corrected chi connectivity index (χ4v) is 3.37. The normalized spacial score (nSPS) is 10.9. The fraction of sp³-hybridized carbons (Fsp3) is 0.100. The van der Waals surface area contributed by atoms with Gasteiger partial charge in [-0.2, -0.15) is 4.68 Å². The van der Waals surface area contributed by atoms with E-state index in [-0.39, 0.29) is 5.78 Å². The maximum absolute atomic E-state index is 11.6. The van der Waals surface area contributed by atoms with Gasteiger partial charge in [-0.1, -0.05) is 36.4 Å². The van der Waals surface area contributed by atoms with Gasteiger partial charge in [-0.25, -0.2) is 9.97 Å². The van der Waals surface area contributed by atoms with Crippen LogP contribution in [0.15, 0.2) is 66.2 Å². The van der Waals surface area contributed by atoms with E-state index in [2.05, 4.69) is 10.1 Å². The minimum Gasteiger partial charge on any atom is -0.388 e. The number of nitrogens with zero attached hydrogens (tertiary/aromatic N) is 4. The smallest absolute Gasteiger partial charge is 0.191 e. The first-order valence-electron chi connectivity index (χ1n) is 8.39. The number of hydrogen-bond acceptors (Lipinski definition) is 6. The van der Waals surface area contributed by atoms with Gasteiger partial charge >= 0.3 is 0 Å². The van der Waals surface area contributed by atoms with E-state index < -0.39 is 6.61 Å². The van der Waals surface area contributed by atoms with E-state index >= 15 is 0 Å². The number of rotatable bonds is 6. The van der Waals surface area contributed by atoms with E-state index in [1.807, 2.05) is 47.8 Å². The van der Waals surface area contributed by atoms with Gasteiger partial charge in [0, 0.05) is 18.2 Å². The van der Waals surface area contributed by atoms with Crippen LogP contribution in [0.5, 0.6) is 0 Å². The maximum atomic E-state index is 11.6. The Bertz CT molecular complexity index is 1040. The first-order valence-corrected chi connectivity index (χ1v) is 9.27. The van der Waals surface area contributed by atoms with E-state index in [1.165, 1.54) is 0 Å².